The minimum Gasteiger partial charge on any atom is -0.471 e. The van der Waals surface area contributed by atoms with E-state index in [0.717, 1.165) is 37.2 Å². The zero-order chi connectivity index (χ0) is 17.9. The Labute approximate surface area is 152 Å². The van der Waals surface area contributed by atoms with Crippen molar-refractivity contribution in [2.75, 3.05) is 13.1 Å². The zero-order valence-electron chi connectivity index (χ0n) is 15.4. The molecule has 0 heterocycles. The van der Waals surface area contributed by atoms with Crippen molar-refractivity contribution in [1.82, 2.24) is 4.90 Å². The molecule has 2 aromatic rings. The highest BCUT2D eigenvalue weighted by Gasteiger charge is 2.17. The maximum absolute atomic E-state index is 6.39. The van der Waals surface area contributed by atoms with Crippen LogP contribution in [0.4, 0.5) is 0 Å². The summed E-state index contributed by atoms with van der Waals surface area (Å²) in [6.07, 6.45) is 8.24. The van der Waals surface area contributed by atoms with Crippen LogP contribution in [-0.4, -0.2) is 24.2 Å². The van der Waals surface area contributed by atoms with Crippen LogP contribution >= 0.6 is 0 Å². The molecule has 0 fully saturated rings. The van der Waals surface area contributed by atoms with Crippen molar-refractivity contribution in [2.24, 2.45) is 0 Å². The normalized spacial score (nSPS) is 12.4. The largest absolute Gasteiger partial charge is 0.471 e. The predicted octanol–water partition coefficient (Wildman–Crippen LogP) is 5.87. The Kier molecular flexibility index (Phi) is 8.00. The topological polar surface area (TPSA) is 12.5 Å². The summed E-state index contributed by atoms with van der Waals surface area (Å²) in [5.74, 6) is 0.873. The first-order valence-electron chi connectivity index (χ1n) is 9.13. The lowest BCUT2D eigenvalue weighted by molar-refractivity contribution is 0.0626. The van der Waals surface area contributed by atoms with E-state index in [1.165, 1.54) is 5.56 Å². The Balaban J connectivity index is 2.26. The average Bonchev–Trinajstić information content (AvgIpc) is 2.66. The molecular weight excluding hydrogens is 306 g/mol. The molecule has 2 heteroatoms. The van der Waals surface area contributed by atoms with E-state index in [2.05, 4.69) is 61.7 Å². The van der Waals surface area contributed by atoms with Gasteiger partial charge < -0.3 is 4.74 Å². The molecule has 1 atom stereocenters. The van der Waals surface area contributed by atoms with Gasteiger partial charge in [0, 0.05) is 18.7 Å². The van der Waals surface area contributed by atoms with E-state index in [9.17, 15) is 0 Å². The van der Waals surface area contributed by atoms with Crippen LogP contribution in [0.15, 0.2) is 67.3 Å². The standard InChI is InChI=1S/C23H29NO/c1-4-18-24(19-5-2)23(17-16-20-12-8-7-9-13-20)25-22-15-11-10-14-21(22)6-3/h6-17,23H,3-5,18-19H2,1-2H3/b17-16+. The Morgan fingerprint density at radius 1 is 0.960 bits per heavy atom. The SMILES string of the molecule is C=Cc1ccccc1OC(/C=C/c1ccccc1)N(CCC)CCC. The summed E-state index contributed by atoms with van der Waals surface area (Å²) in [5.41, 5.74) is 2.20. The highest BCUT2D eigenvalue weighted by molar-refractivity contribution is 5.55. The van der Waals surface area contributed by atoms with Gasteiger partial charge in [0.25, 0.3) is 0 Å². The van der Waals surface area contributed by atoms with E-state index in [-0.39, 0.29) is 6.23 Å². The molecule has 0 aromatic heterocycles. The van der Waals surface area contributed by atoms with Gasteiger partial charge in [-0.05, 0) is 30.5 Å². The van der Waals surface area contributed by atoms with Crippen molar-refractivity contribution in [3.05, 3.63) is 78.4 Å². The molecule has 0 spiro atoms. The monoisotopic (exact) mass is 335 g/mol. The smallest absolute Gasteiger partial charge is 0.172 e. The first-order chi connectivity index (χ1) is 12.3. The molecule has 2 rings (SSSR count). The van der Waals surface area contributed by atoms with E-state index in [1.54, 1.807) is 0 Å². The Bertz CT molecular complexity index is 657. The molecule has 0 amide bonds. The van der Waals surface area contributed by atoms with Gasteiger partial charge in [0.05, 0.1) is 0 Å². The summed E-state index contributed by atoms with van der Waals surface area (Å²) in [4.78, 5) is 2.39. The number of nitrogens with zero attached hydrogens (tertiary/aromatic N) is 1. The lowest BCUT2D eigenvalue weighted by atomic mass is 10.2. The predicted molar refractivity (Wildman–Crippen MR) is 109 cm³/mol. The summed E-state index contributed by atoms with van der Waals surface area (Å²) in [6, 6.07) is 18.4. The second-order valence-electron chi connectivity index (χ2n) is 6.06. The van der Waals surface area contributed by atoms with Gasteiger partial charge in [-0.25, -0.2) is 0 Å². The van der Waals surface area contributed by atoms with Crippen LogP contribution in [-0.2, 0) is 0 Å². The van der Waals surface area contributed by atoms with Gasteiger partial charge in [0.2, 0.25) is 0 Å². The van der Waals surface area contributed by atoms with Gasteiger partial charge in [0.1, 0.15) is 5.75 Å². The molecule has 0 radical (unpaired) electrons. The van der Waals surface area contributed by atoms with E-state index in [0.29, 0.717) is 0 Å². The van der Waals surface area contributed by atoms with Crippen LogP contribution in [0, 0.1) is 0 Å². The third-order valence-corrected chi connectivity index (χ3v) is 4.02. The molecule has 2 nitrogen and oxygen atoms in total. The second kappa shape index (κ2) is 10.5. The maximum Gasteiger partial charge on any atom is 0.172 e. The molecule has 132 valence electrons. The highest BCUT2D eigenvalue weighted by atomic mass is 16.5. The summed E-state index contributed by atoms with van der Waals surface area (Å²) in [5, 5.41) is 0. The molecular formula is C23H29NO. The number of rotatable bonds is 10. The number of benzene rings is 2. The van der Waals surface area contributed by atoms with Gasteiger partial charge in [-0.1, -0.05) is 81.1 Å². The summed E-state index contributed by atoms with van der Waals surface area (Å²) in [6.45, 7) is 10.3. The summed E-state index contributed by atoms with van der Waals surface area (Å²) in [7, 11) is 0. The Morgan fingerprint density at radius 2 is 1.60 bits per heavy atom. The molecule has 25 heavy (non-hydrogen) atoms. The highest BCUT2D eigenvalue weighted by Crippen LogP contribution is 2.22. The minimum atomic E-state index is -0.0961. The molecule has 0 saturated heterocycles. The van der Waals surface area contributed by atoms with Crippen LogP contribution in [0.3, 0.4) is 0 Å². The van der Waals surface area contributed by atoms with E-state index < -0.39 is 0 Å². The zero-order valence-corrected chi connectivity index (χ0v) is 15.4. The maximum atomic E-state index is 6.39. The number of hydrogen-bond acceptors (Lipinski definition) is 2. The average molecular weight is 335 g/mol. The van der Waals surface area contributed by atoms with Crippen molar-refractivity contribution >= 4 is 12.2 Å². The number of para-hydroxylation sites is 1. The molecule has 1 unspecified atom stereocenters. The van der Waals surface area contributed by atoms with Gasteiger partial charge in [-0.3, -0.25) is 4.90 Å². The third kappa shape index (κ3) is 5.91. The Morgan fingerprint density at radius 3 is 2.24 bits per heavy atom. The molecule has 0 N–H and O–H groups in total. The van der Waals surface area contributed by atoms with Gasteiger partial charge in [0.15, 0.2) is 6.23 Å². The molecule has 0 saturated carbocycles. The van der Waals surface area contributed by atoms with Crippen molar-refractivity contribution in [3.63, 3.8) is 0 Å². The lowest BCUT2D eigenvalue weighted by Crippen LogP contribution is -2.39. The first-order valence-corrected chi connectivity index (χ1v) is 9.13. The molecule has 0 aliphatic carbocycles. The molecule has 2 aromatic carbocycles. The minimum absolute atomic E-state index is 0.0961. The Hall–Kier alpha value is -2.32. The van der Waals surface area contributed by atoms with Crippen LogP contribution in [0.1, 0.15) is 37.8 Å². The molecule has 0 bridgehead atoms. The fourth-order valence-corrected chi connectivity index (χ4v) is 2.82. The number of hydrogen-bond donors (Lipinski definition) is 0. The molecule has 0 aliphatic heterocycles. The van der Waals surface area contributed by atoms with E-state index >= 15 is 0 Å². The van der Waals surface area contributed by atoms with E-state index in [1.807, 2.05) is 36.4 Å². The van der Waals surface area contributed by atoms with Crippen molar-refractivity contribution in [2.45, 2.75) is 32.9 Å². The van der Waals surface area contributed by atoms with E-state index in [4.69, 9.17) is 4.74 Å². The number of ether oxygens (including phenoxy) is 1. The van der Waals surface area contributed by atoms with Crippen LogP contribution in [0.2, 0.25) is 0 Å². The van der Waals surface area contributed by atoms with Gasteiger partial charge >= 0.3 is 0 Å². The van der Waals surface area contributed by atoms with Crippen LogP contribution in [0.5, 0.6) is 5.75 Å². The quantitative estimate of drug-likeness (QED) is 0.503. The van der Waals surface area contributed by atoms with Crippen molar-refractivity contribution < 1.29 is 4.74 Å². The fourth-order valence-electron chi connectivity index (χ4n) is 2.82. The van der Waals surface area contributed by atoms with Crippen molar-refractivity contribution in [3.8, 4) is 5.75 Å². The summed E-state index contributed by atoms with van der Waals surface area (Å²) < 4.78 is 6.39. The lowest BCUT2D eigenvalue weighted by Gasteiger charge is -2.30. The third-order valence-electron chi connectivity index (χ3n) is 4.02. The fraction of sp³-hybridized carbons (Fsp3) is 0.304. The van der Waals surface area contributed by atoms with Crippen molar-refractivity contribution in [1.29, 1.82) is 0 Å². The first kappa shape index (κ1) is 19.0. The van der Waals surface area contributed by atoms with Crippen LogP contribution in [0.25, 0.3) is 12.2 Å². The van der Waals surface area contributed by atoms with Gasteiger partial charge in [-0.15, -0.1) is 0 Å². The summed E-state index contributed by atoms with van der Waals surface area (Å²) >= 11 is 0. The van der Waals surface area contributed by atoms with Crippen LogP contribution < -0.4 is 4.74 Å². The van der Waals surface area contributed by atoms with Gasteiger partial charge in [-0.2, -0.15) is 0 Å². The second-order valence-corrected chi connectivity index (χ2v) is 6.06. The molecule has 0 aliphatic rings.